The van der Waals surface area contributed by atoms with E-state index in [1.54, 1.807) is 36.5 Å². The summed E-state index contributed by atoms with van der Waals surface area (Å²) in [5.74, 6) is 0.309. The highest BCUT2D eigenvalue weighted by Gasteiger charge is 2.09. The first kappa shape index (κ1) is 17.2. The van der Waals surface area contributed by atoms with Crippen LogP contribution >= 0.6 is 0 Å². The van der Waals surface area contributed by atoms with Crippen LogP contribution in [0.4, 0.5) is 0 Å². The predicted octanol–water partition coefficient (Wildman–Crippen LogP) is 2.49. The van der Waals surface area contributed by atoms with Crippen molar-refractivity contribution in [3.8, 4) is 17.1 Å². The van der Waals surface area contributed by atoms with E-state index >= 15 is 0 Å². The van der Waals surface area contributed by atoms with Gasteiger partial charge in [-0.15, -0.1) is 0 Å². The first-order valence-corrected chi connectivity index (χ1v) is 7.89. The summed E-state index contributed by atoms with van der Waals surface area (Å²) in [6.07, 6.45) is 2.92. The summed E-state index contributed by atoms with van der Waals surface area (Å²) >= 11 is 0. The number of hydrogen-bond donors (Lipinski definition) is 2. The van der Waals surface area contributed by atoms with E-state index in [0.717, 1.165) is 11.1 Å². The highest BCUT2D eigenvalue weighted by Crippen LogP contribution is 2.18. The number of amides is 2. The van der Waals surface area contributed by atoms with Crippen molar-refractivity contribution in [2.45, 2.75) is 6.92 Å². The van der Waals surface area contributed by atoms with Crippen molar-refractivity contribution in [3.63, 3.8) is 0 Å². The Morgan fingerprint density at radius 1 is 1.12 bits per heavy atom. The lowest BCUT2D eigenvalue weighted by Gasteiger charge is -2.09. The minimum absolute atomic E-state index is 0.200. The molecule has 2 amide bonds. The Morgan fingerprint density at radius 2 is 1.92 bits per heavy atom. The normalized spacial score (nSPS) is 10.2. The van der Waals surface area contributed by atoms with Crippen LogP contribution in [0, 0.1) is 6.92 Å². The maximum Gasteiger partial charge on any atom is 0.276 e. The second kappa shape index (κ2) is 7.98. The Bertz CT molecular complexity index is 889. The maximum atomic E-state index is 12.1. The Kier molecular flexibility index (Phi) is 5.28. The lowest BCUT2D eigenvalue weighted by molar-refractivity contribution is -0.123. The zero-order valence-electron chi connectivity index (χ0n) is 14.1. The van der Waals surface area contributed by atoms with E-state index in [2.05, 4.69) is 15.8 Å². The first-order chi connectivity index (χ1) is 12.6. The van der Waals surface area contributed by atoms with Gasteiger partial charge in [-0.3, -0.25) is 20.4 Å². The molecule has 0 saturated heterocycles. The Morgan fingerprint density at radius 3 is 2.62 bits per heavy atom. The summed E-state index contributed by atoms with van der Waals surface area (Å²) in [5.41, 5.74) is 6.89. The SMILES string of the molecule is Cc1cccc(OCC(=O)NNC(=O)c2ccc(-c3cnco3)cc2)c1. The van der Waals surface area contributed by atoms with Crippen LogP contribution in [0.25, 0.3) is 11.3 Å². The van der Waals surface area contributed by atoms with Gasteiger partial charge in [0, 0.05) is 11.1 Å². The molecule has 2 aromatic carbocycles. The number of rotatable bonds is 5. The molecule has 7 nitrogen and oxygen atoms in total. The molecule has 0 fully saturated rings. The van der Waals surface area contributed by atoms with E-state index in [4.69, 9.17) is 9.15 Å². The number of carbonyl (C=O) groups excluding carboxylic acids is 2. The summed E-state index contributed by atoms with van der Waals surface area (Å²) in [6, 6.07) is 14.1. The molecule has 1 aromatic heterocycles. The van der Waals surface area contributed by atoms with Crippen LogP contribution in [0.2, 0.25) is 0 Å². The fourth-order valence-electron chi connectivity index (χ4n) is 2.23. The molecule has 132 valence electrons. The van der Waals surface area contributed by atoms with Crippen molar-refractivity contribution < 1.29 is 18.7 Å². The minimum atomic E-state index is -0.460. The lowest BCUT2D eigenvalue weighted by Crippen LogP contribution is -2.43. The van der Waals surface area contributed by atoms with Gasteiger partial charge >= 0.3 is 0 Å². The molecular formula is C19H17N3O4. The number of benzene rings is 2. The van der Waals surface area contributed by atoms with E-state index in [9.17, 15) is 9.59 Å². The number of nitrogens with zero attached hydrogens (tertiary/aromatic N) is 1. The topological polar surface area (TPSA) is 93.5 Å². The van der Waals surface area contributed by atoms with Crippen molar-refractivity contribution >= 4 is 11.8 Å². The molecule has 0 aliphatic heterocycles. The fourth-order valence-corrected chi connectivity index (χ4v) is 2.23. The molecule has 26 heavy (non-hydrogen) atoms. The van der Waals surface area contributed by atoms with Crippen LogP contribution in [-0.2, 0) is 4.79 Å². The van der Waals surface area contributed by atoms with Gasteiger partial charge in [-0.2, -0.15) is 0 Å². The smallest absolute Gasteiger partial charge is 0.276 e. The van der Waals surface area contributed by atoms with Gasteiger partial charge in [0.1, 0.15) is 5.75 Å². The molecule has 0 atom stereocenters. The number of aryl methyl sites for hydroxylation is 1. The molecule has 0 aliphatic carbocycles. The largest absolute Gasteiger partial charge is 0.484 e. The number of ether oxygens (including phenoxy) is 1. The van der Waals surface area contributed by atoms with Crippen molar-refractivity contribution in [1.82, 2.24) is 15.8 Å². The number of aromatic nitrogens is 1. The summed E-state index contributed by atoms with van der Waals surface area (Å²) in [7, 11) is 0. The highest BCUT2D eigenvalue weighted by atomic mass is 16.5. The monoisotopic (exact) mass is 351 g/mol. The highest BCUT2D eigenvalue weighted by molar-refractivity contribution is 5.95. The molecule has 3 aromatic rings. The van der Waals surface area contributed by atoms with E-state index in [0.29, 0.717) is 17.1 Å². The zero-order valence-corrected chi connectivity index (χ0v) is 14.1. The third-order valence-electron chi connectivity index (χ3n) is 3.54. The van der Waals surface area contributed by atoms with E-state index in [1.165, 1.54) is 6.39 Å². The summed E-state index contributed by atoms with van der Waals surface area (Å²) in [5, 5.41) is 0. The Labute approximate surface area is 150 Å². The quantitative estimate of drug-likeness (QED) is 0.689. The van der Waals surface area contributed by atoms with Gasteiger partial charge in [0.25, 0.3) is 11.8 Å². The molecule has 2 N–H and O–H groups in total. The van der Waals surface area contributed by atoms with Gasteiger partial charge in [0.05, 0.1) is 6.20 Å². The molecule has 0 saturated carbocycles. The zero-order chi connectivity index (χ0) is 18.4. The van der Waals surface area contributed by atoms with Gasteiger partial charge in [0.2, 0.25) is 0 Å². The number of oxazole rings is 1. The van der Waals surface area contributed by atoms with Crippen LogP contribution < -0.4 is 15.6 Å². The summed E-state index contributed by atoms with van der Waals surface area (Å²) in [6.45, 7) is 1.73. The second-order valence-electron chi connectivity index (χ2n) is 5.55. The van der Waals surface area contributed by atoms with Gasteiger partial charge < -0.3 is 9.15 Å². The average Bonchev–Trinajstić information content (AvgIpc) is 3.19. The molecule has 0 aliphatic rings. The molecular weight excluding hydrogens is 334 g/mol. The molecule has 0 radical (unpaired) electrons. The van der Waals surface area contributed by atoms with Crippen LogP contribution in [0.15, 0.2) is 65.5 Å². The maximum absolute atomic E-state index is 12.1. The van der Waals surface area contributed by atoms with Crippen LogP contribution in [0.5, 0.6) is 5.75 Å². The Hall–Kier alpha value is -3.61. The molecule has 3 rings (SSSR count). The second-order valence-corrected chi connectivity index (χ2v) is 5.55. The molecule has 0 bridgehead atoms. The number of carbonyl (C=O) groups is 2. The standard InChI is InChI=1S/C19H17N3O4/c1-13-3-2-4-16(9-13)25-11-18(23)21-22-19(24)15-7-5-14(6-8-15)17-10-20-12-26-17/h2-10,12H,11H2,1H3,(H,21,23)(H,22,24). The van der Waals surface area contributed by atoms with Gasteiger partial charge in [-0.05, 0) is 36.8 Å². The van der Waals surface area contributed by atoms with Crippen molar-refractivity contribution in [3.05, 3.63) is 72.2 Å². The number of hydrogen-bond acceptors (Lipinski definition) is 5. The van der Waals surface area contributed by atoms with E-state index in [1.807, 2.05) is 25.1 Å². The molecule has 1 heterocycles. The van der Waals surface area contributed by atoms with Crippen molar-refractivity contribution in [2.24, 2.45) is 0 Å². The van der Waals surface area contributed by atoms with E-state index < -0.39 is 11.8 Å². The molecule has 7 heteroatoms. The van der Waals surface area contributed by atoms with Crippen LogP contribution in [0.3, 0.4) is 0 Å². The minimum Gasteiger partial charge on any atom is -0.484 e. The van der Waals surface area contributed by atoms with Crippen LogP contribution in [0.1, 0.15) is 15.9 Å². The summed E-state index contributed by atoms with van der Waals surface area (Å²) < 4.78 is 10.6. The predicted molar refractivity (Wildman–Crippen MR) is 94.2 cm³/mol. The van der Waals surface area contributed by atoms with Crippen molar-refractivity contribution in [1.29, 1.82) is 0 Å². The third-order valence-corrected chi connectivity index (χ3v) is 3.54. The van der Waals surface area contributed by atoms with Gasteiger partial charge in [-0.1, -0.05) is 24.3 Å². The van der Waals surface area contributed by atoms with Gasteiger partial charge in [-0.25, -0.2) is 4.98 Å². The van der Waals surface area contributed by atoms with Gasteiger partial charge in [0.15, 0.2) is 18.8 Å². The van der Waals surface area contributed by atoms with Crippen molar-refractivity contribution in [2.75, 3.05) is 6.61 Å². The fraction of sp³-hybridized carbons (Fsp3) is 0.105. The lowest BCUT2D eigenvalue weighted by atomic mass is 10.1. The Balaban J connectivity index is 1.48. The van der Waals surface area contributed by atoms with Crippen LogP contribution in [-0.4, -0.2) is 23.4 Å². The summed E-state index contributed by atoms with van der Waals surface area (Å²) in [4.78, 5) is 27.7. The first-order valence-electron chi connectivity index (χ1n) is 7.89. The van der Waals surface area contributed by atoms with E-state index in [-0.39, 0.29) is 6.61 Å². The molecule has 0 unspecified atom stereocenters. The third kappa shape index (κ3) is 4.47. The molecule has 0 spiro atoms. The average molecular weight is 351 g/mol. The number of nitrogens with one attached hydrogen (secondary N) is 2. The number of hydrazine groups is 1.